The molecule has 2 rings (SSSR count). The van der Waals surface area contributed by atoms with Crippen LogP contribution in [0.5, 0.6) is 0 Å². The standard InChI is InChI=1S/C18H26N2O6S/c1-12-7-8-14(27(24,25)20-9-5-4-6-13(20)2)10-15(12)17(21)19-11-16(26-3)18(22)23/h7-8,10,13,16H,4-6,9,11H2,1-3H3,(H,19,21)(H,22,23). The first-order valence-corrected chi connectivity index (χ1v) is 10.3. The Morgan fingerprint density at radius 1 is 1.37 bits per heavy atom. The number of carbonyl (C=O) groups excluding carboxylic acids is 1. The number of nitrogens with zero attached hydrogens (tertiary/aromatic N) is 1. The number of hydrogen-bond donors (Lipinski definition) is 2. The third-order valence-corrected chi connectivity index (χ3v) is 6.82. The lowest BCUT2D eigenvalue weighted by atomic mass is 10.1. The van der Waals surface area contributed by atoms with Gasteiger partial charge in [0.15, 0.2) is 6.10 Å². The number of amides is 1. The highest BCUT2D eigenvalue weighted by Gasteiger charge is 2.31. The van der Waals surface area contributed by atoms with Crippen LogP contribution in [0.25, 0.3) is 0 Å². The van der Waals surface area contributed by atoms with Gasteiger partial charge in [-0.2, -0.15) is 4.31 Å². The molecule has 2 unspecified atom stereocenters. The second-order valence-electron chi connectivity index (χ2n) is 6.71. The summed E-state index contributed by atoms with van der Waals surface area (Å²) < 4.78 is 32.2. The minimum atomic E-state index is -3.70. The Kier molecular flexibility index (Phi) is 6.96. The van der Waals surface area contributed by atoms with E-state index in [-0.39, 0.29) is 23.0 Å². The van der Waals surface area contributed by atoms with Crippen LogP contribution in [-0.2, 0) is 19.6 Å². The number of rotatable bonds is 7. The number of aliphatic carboxylic acids is 1. The number of carboxylic acid groups (broad SMARTS) is 1. The molecule has 1 aliphatic heterocycles. The number of aryl methyl sites for hydroxylation is 1. The summed E-state index contributed by atoms with van der Waals surface area (Å²) in [6, 6.07) is 4.35. The van der Waals surface area contributed by atoms with Crippen LogP contribution >= 0.6 is 0 Å². The van der Waals surface area contributed by atoms with E-state index in [0.29, 0.717) is 12.1 Å². The molecule has 0 bridgehead atoms. The van der Waals surface area contributed by atoms with E-state index in [1.54, 1.807) is 13.0 Å². The molecule has 1 heterocycles. The predicted octanol–water partition coefficient (Wildman–Crippen LogP) is 1.39. The molecule has 0 aromatic heterocycles. The average Bonchev–Trinajstić information content (AvgIpc) is 2.62. The molecule has 1 saturated heterocycles. The quantitative estimate of drug-likeness (QED) is 0.718. The third kappa shape index (κ3) is 4.85. The Morgan fingerprint density at radius 2 is 2.07 bits per heavy atom. The maximum atomic E-state index is 13.0. The number of methoxy groups -OCH3 is 1. The lowest BCUT2D eigenvalue weighted by Crippen LogP contribution is -2.42. The van der Waals surface area contributed by atoms with Gasteiger partial charge in [0.05, 0.1) is 11.4 Å². The Morgan fingerprint density at radius 3 is 2.67 bits per heavy atom. The summed E-state index contributed by atoms with van der Waals surface area (Å²) in [7, 11) is -2.46. The molecule has 0 spiro atoms. The SMILES string of the molecule is COC(CNC(=O)c1cc(S(=O)(=O)N2CCCCC2C)ccc1C)C(=O)O. The molecule has 1 amide bonds. The predicted molar refractivity (Wildman–Crippen MR) is 99.1 cm³/mol. The van der Waals surface area contributed by atoms with Crippen LogP contribution in [-0.4, -0.2) is 62.1 Å². The van der Waals surface area contributed by atoms with Gasteiger partial charge in [0.1, 0.15) is 0 Å². The molecular formula is C18H26N2O6S. The lowest BCUT2D eigenvalue weighted by Gasteiger charge is -2.32. The first kappa shape index (κ1) is 21.3. The Balaban J connectivity index is 2.24. The molecule has 0 radical (unpaired) electrons. The number of piperidine rings is 1. The highest BCUT2D eigenvalue weighted by molar-refractivity contribution is 7.89. The van der Waals surface area contributed by atoms with Crippen molar-refractivity contribution in [1.82, 2.24) is 9.62 Å². The number of ether oxygens (including phenoxy) is 1. The number of sulfonamides is 1. The molecule has 1 aromatic rings. The minimum Gasteiger partial charge on any atom is -0.479 e. The molecule has 1 fully saturated rings. The zero-order valence-electron chi connectivity index (χ0n) is 15.8. The molecule has 0 aliphatic carbocycles. The summed E-state index contributed by atoms with van der Waals surface area (Å²) in [5, 5.41) is 11.5. The van der Waals surface area contributed by atoms with Gasteiger partial charge in [-0.05, 0) is 44.4 Å². The van der Waals surface area contributed by atoms with Gasteiger partial charge in [0.25, 0.3) is 5.91 Å². The van der Waals surface area contributed by atoms with Crippen molar-refractivity contribution < 1.29 is 27.9 Å². The van der Waals surface area contributed by atoms with Crippen molar-refractivity contribution >= 4 is 21.9 Å². The molecule has 2 atom stereocenters. The lowest BCUT2D eigenvalue weighted by molar-refractivity contribution is -0.148. The summed E-state index contributed by atoms with van der Waals surface area (Å²) in [4.78, 5) is 23.5. The zero-order chi connectivity index (χ0) is 20.2. The van der Waals surface area contributed by atoms with E-state index in [1.165, 1.54) is 23.5 Å². The summed E-state index contributed by atoms with van der Waals surface area (Å²) in [5.41, 5.74) is 0.795. The first-order chi connectivity index (χ1) is 12.7. The van der Waals surface area contributed by atoms with Crippen molar-refractivity contribution in [1.29, 1.82) is 0 Å². The molecular weight excluding hydrogens is 372 g/mol. The highest BCUT2D eigenvalue weighted by Crippen LogP contribution is 2.26. The molecule has 9 heteroatoms. The van der Waals surface area contributed by atoms with E-state index in [9.17, 15) is 18.0 Å². The number of nitrogens with one attached hydrogen (secondary N) is 1. The fourth-order valence-corrected chi connectivity index (χ4v) is 4.85. The zero-order valence-corrected chi connectivity index (χ0v) is 16.6. The second-order valence-corrected chi connectivity index (χ2v) is 8.60. The molecule has 1 aromatic carbocycles. The number of benzene rings is 1. The molecule has 1 aliphatic rings. The van der Waals surface area contributed by atoms with E-state index < -0.39 is 28.0 Å². The molecule has 2 N–H and O–H groups in total. The average molecular weight is 398 g/mol. The van der Waals surface area contributed by atoms with Crippen LogP contribution < -0.4 is 5.32 Å². The fraction of sp³-hybridized carbons (Fsp3) is 0.556. The van der Waals surface area contributed by atoms with Crippen molar-refractivity contribution in [3.05, 3.63) is 29.3 Å². The van der Waals surface area contributed by atoms with E-state index in [1.807, 2.05) is 6.92 Å². The number of carboxylic acids is 1. The topological polar surface area (TPSA) is 113 Å². The Bertz CT molecular complexity index is 808. The van der Waals surface area contributed by atoms with E-state index in [0.717, 1.165) is 19.3 Å². The van der Waals surface area contributed by atoms with Crippen molar-refractivity contribution in [2.75, 3.05) is 20.2 Å². The first-order valence-electron chi connectivity index (χ1n) is 8.84. The summed E-state index contributed by atoms with van der Waals surface area (Å²) >= 11 is 0. The maximum Gasteiger partial charge on any atom is 0.334 e. The van der Waals surface area contributed by atoms with Crippen molar-refractivity contribution in [2.24, 2.45) is 0 Å². The summed E-state index contributed by atoms with van der Waals surface area (Å²) in [6.45, 7) is 3.83. The van der Waals surface area contributed by atoms with Gasteiger partial charge < -0.3 is 15.2 Å². The van der Waals surface area contributed by atoms with Gasteiger partial charge in [-0.1, -0.05) is 12.5 Å². The number of carbonyl (C=O) groups is 2. The maximum absolute atomic E-state index is 13.0. The van der Waals surface area contributed by atoms with Gasteiger partial charge in [0, 0.05) is 25.3 Å². The minimum absolute atomic E-state index is 0.0635. The van der Waals surface area contributed by atoms with Crippen LogP contribution in [0.3, 0.4) is 0 Å². The number of hydrogen-bond acceptors (Lipinski definition) is 5. The smallest absolute Gasteiger partial charge is 0.334 e. The summed E-state index contributed by atoms with van der Waals surface area (Å²) in [6.07, 6.45) is 1.46. The van der Waals surface area contributed by atoms with Gasteiger partial charge in [-0.15, -0.1) is 0 Å². The normalized spacial score (nSPS) is 19.4. The van der Waals surface area contributed by atoms with Crippen LogP contribution in [0.2, 0.25) is 0 Å². The Hall–Kier alpha value is -1.97. The van der Waals surface area contributed by atoms with Gasteiger partial charge in [0.2, 0.25) is 10.0 Å². The molecule has 0 saturated carbocycles. The van der Waals surface area contributed by atoms with Gasteiger partial charge in [-0.25, -0.2) is 13.2 Å². The third-order valence-electron chi connectivity index (χ3n) is 4.81. The van der Waals surface area contributed by atoms with Crippen molar-refractivity contribution in [2.45, 2.75) is 50.2 Å². The van der Waals surface area contributed by atoms with Crippen LogP contribution in [0.1, 0.15) is 42.1 Å². The Labute approximate surface area is 159 Å². The molecule has 27 heavy (non-hydrogen) atoms. The van der Waals surface area contributed by atoms with Gasteiger partial charge in [-0.3, -0.25) is 4.79 Å². The van der Waals surface area contributed by atoms with E-state index in [4.69, 9.17) is 9.84 Å². The van der Waals surface area contributed by atoms with Crippen LogP contribution in [0.4, 0.5) is 0 Å². The molecule has 8 nitrogen and oxygen atoms in total. The monoisotopic (exact) mass is 398 g/mol. The summed E-state index contributed by atoms with van der Waals surface area (Å²) in [5.74, 6) is -1.73. The molecule has 150 valence electrons. The van der Waals surface area contributed by atoms with E-state index >= 15 is 0 Å². The van der Waals surface area contributed by atoms with E-state index in [2.05, 4.69) is 5.32 Å². The van der Waals surface area contributed by atoms with Crippen molar-refractivity contribution in [3.63, 3.8) is 0 Å². The van der Waals surface area contributed by atoms with Crippen molar-refractivity contribution in [3.8, 4) is 0 Å². The second kappa shape index (κ2) is 8.81. The van der Waals surface area contributed by atoms with Crippen LogP contribution in [0, 0.1) is 6.92 Å². The highest BCUT2D eigenvalue weighted by atomic mass is 32.2. The van der Waals surface area contributed by atoms with Crippen LogP contribution in [0.15, 0.2) is 23.1 Å². The largest absolute Gasteiger partial charge is 0.479 e. The fourth-order valence-electron chi connectivity index (χ4n) is 3.12. The van der Waals surface area contributed by atoms with Gasteiger partial charge >= 0.3 is 5.97 Å².